The van der Waals surface area contributed by atoms with Crippen molar-refractivity contribution in [2.75, 3.05) is 20.2 Å². The van der Waals surface area contributed by atoms with E-state index in [-0.39, 0.29) is 5.91 Å². The number of ether oxygens (including phenoxy) is 1. The molecule has 1 aromatic carbocycles. The predicted molar refractivity (Wildman–Crippen MR) is 125 cm³/mol. The number of pyridine rings is 2. The monoisotopic (exact) mass is 442 g/mol. The summed E-state index contributed by atoms with van der Waals surface area (Å²) in [5.74, 6) is 0.627. The zero-order valence-electron chi connectivity index (χ0n) is 18.7. The summed E-state index contributed by atoms with van der Waals surface area (Å²) in [6, 6.07) is 15.4. The van der Waals surface area contributed by atoms with Crippen molar-refractivity contribution in [2.45, 2.75) is 19.9 Å². The molecule has 3 aromatic rings. The van der Waals surface area contributed by atoms with Crippen LogP contribution in [-0.2, 0) is 13.0 Å². The number of aromatic nitrogens is 2. The van der Waals surface area contributed by atoms with Gasteiger partial charge in [-0.3, -0.25) is 14.8 Å². The fourth-order valence-electron chi connectivity index (χ4n) is 4.05. The van der Waals surface area contributed by atoms with Crippen molar-refractivity contribution in [1.29, 1.82) is 0 Å². The number of hydrogen-bond donors (Lipinski definition) is 2. The molecule has 33 heavy (non-hydrogen) atoms. The molecule has 0 atom stereocenters. The summed E-state index contributed by atoms with van der Waals surface area (Å²) < 4.78 is 6.05. The number of fused-ring (bicyclic) bond motifs is 1. The number of carbonyl (C=O) groups excluding carboxylic acids is 1. The van der Waals surface area contributed by atoms with Gasteiger partial charge >= 0.3 is 0 Å². The third-order valence-electron chi connectivity index (χ3n) is 5.98. The van der Waals surface area contributed by atoms with Gasteiger partial charge < -0.3 is 15.1 Å². The van der Waals surface area contributed by atoms with Crippen LogP contribution in [0.1, 0.15) is 32.7 Å². The lowest BCUT2D eigenvalue weighted by Crippen LogP contribution is -2.36. The molecule has 2 N–H and O–H groups in total. The van der Waals surface area contributed by atoms with E-state index in [1.165, 1.54) is 5.56 Å². The zero-order valence-corrected chi connectivity index (χ0v) is 18.7. The van der Waals surface area contributed by atoms with Crippen LogP contribution in [0, 0.1) is 6.92 Å². The number of hydrogen-bond acceptors (Lipinski definition) is 7. The van der Waals surface area contributed by atoms with Gasteiger partial charge in [0, 0.05) is 55.4 Å². The van der Waals surface area contributed by atoms with Crippen LogP contribution < -0.4 is 15.7 Å². The maximum absolute atomic E-state index is 12.8. The molecule has 0 bridgehead atoms. The lowest BCUT2D eigenvalue weighted by Gasteiger charge is -2.29. The number of amides is 1. The molecule has 2 aliphatic heterocycles. The SMILES string of the molecule is Cc1ccc(C2=C(COc3cc4c(cn3)CN(C(=O)c3ccccc3)CC4)N(C)NN2)cn1. The van der Waals surface area contributed by atoms with Gasteiger partial charge in [0.2, 0.25) is 5.88 Å². The largest absolute Gasteiger partial charge is 0.471 e. The Morgan fingerprint density at radius 1 is 1.09 bits per heavy atom. The molecule has 8 heteroatoms. The summed E-state index contributed by atoms with van der Waals surface area (Å²) in [6.45, 7) is 3.55. The molecule has 0 spiro atoms. The normalized spacial score (nSPS) is 15.3. The van der Waals surface area contributed by atoms with E-state index in [9.17, 15) is 4.79 Å². The number of benzene rings is 1. The van der Waals surface area contributed by atoms with Crippen molar-refractivity contribution in [3.05, 3.63) is 94.6 Å². The maximum Gasteiger partial charge on any atom is 0.254 e. The highest BCUT2D eigenvalue weighted by atomic mass is 16.5. The van der Waals surface area contributed by atoms with E-state index < -0.39 is 0 Å². The molecule has 168 valence electrons. The van der Waals surface area contributed by atoms with E-state index in [4.69, 9.17) is 4.74 Å². The average molecular weight is 443 g/mol. The topological polar surface area (TPSA) is 82.6 Å². The van der Waals surface area contributed by atoms with Crippen LogP contribution in [0.25, 0.3) is 5.70 Å². The van der Waals surface area contributed by atoms with Crippen molar-refractivity contribution in [3.63, 3.8) is 0 Å². The minimum Gasteiger partial charge on any atom is -0.471 e. The molecule has 8 nitrogen and oxygen atoms in total. The van der Waals surface area contributed by atoms with Gasteiger partial charge in [0.15, 0.2) is 0 Å². The summed E-state index contributed by atoms with van der Waals surface area (Å²) in [7, 11) is 1.93. The Bertz CT molecular complexity index is 1190. The van der Waals surface area contributed by atoms with Crippen LogP contribution in [-0.4, -0.2) is 46.0 Å². The molecule has 0 aliphatic carbocycles. The number of rotatable bonds is 5. The number of carbonyl (C=O) groups is 1. The van der Waals surface area contributed by atoms with E-state index >= 15 is 0 Å². The van der Waals surface area contributed by atoms with Gasteiger partial charge in [-0.15, -0.1) is 5.53 Å². The molecule has 0 unspecified atom stereocenters. The first-order valence-electron chi connectivity index (χ1n) is 10.9. The molecule has 0 radical (unpaired) electrons. The Morgan fingerprint density at radius 3 is 2.73 bits per heavy atom. The lowest BCUT2D eigenvalue weighted by atomic mass is 10.0. The summed E-state index contributed by atoms with van der Waals surface area (Å²) in [5.41, 5.74) is 13.1. The van der Waals surface area contributed by atoms with Gasteiger partial charge in [0.25, 0.3) is 5.91 Å². The predicted octanol–water partition coefficient (Wildman–Crippen LogP) is 2.69. The molecule has 5 rings (SSSR count). The first-order valence-corrected chi connectivity index (χ1v) is 10.9. The van der Waals surface area contributed by atoms with Crippen molar-refractivity contribution in [3.8, 4) is 5.88 Å². The van der Waals surface area contributed by atoms with Gasteiger partial charge in [0.1, 0.15) is 6.61 Å². The second kappa shape index (κ2) is 8.91. The summed E-state index contributed by atoms with van der Waals surface area (Å²) >= 11 is 0. The van der Waals surface area contributed by atoms with Crippen LogP contribution in [0.5, 0.6) is 5.88 Å². The summed E-state index contributed by atoms with van der Waals surface area (Å²) in [4.78, 5) is 23.5. The highest BCUT2D eigenvalue weighted by Gasteiger charge is 2.24. The molecular weight excluding hydrogens is 416 g/mol. The van der Waals surface area contributed by atoms with Gasteiger partial charge in [-0.05, 0) is 48.7 Å². The molecule has 2 aliphatic rings. The Labute approximate surface area is 192 Å². The molecular formula is C25H26N6O2. The van der Waals surface area contributed by atoms with Crippen molar-refractivity contribution in [2.24, 2.45) is 0 Å². The third-order valence-corrected chi connectivity index (χ3v) is 5.98. The second-order valence-corrected chi connectivity index (χ2v) is 8.23. The highest BCUT2D eigenvalue weighted by Crippen LogP contribution is 2.25. The van der Waals surface area contributed by atoms with E-state index in [2.05, 4.69) is 20.9 Å². The number of aryl methyl sites for hydroxylation is 1. The standard InChI is InChI=1S/C25H26N6O2/c1-17-8-9-20(13-26-17)24-22(30(2)29-28-24)16-33-23-12-19-10-11-31(15-21(19)14-27-23)25(32)18-6-4-3-5-7-18/h3-9,12-14,28-29H,10-11,15-16H2,1-2H3. The van der Waals surface area contributed by atoms with Crippen LogP contribution in [0.2, 0.25) is 0 Å². The van der Waals surface area contributed by atoms with Gasteiger partial charge in [-0.25, -0.2) is 4.98 Å². The molecule has 0 saturated heterocycles. The molecule has 1 amide bonds. The molecule has 0 fully saturated rings. The van der Waals surface area contributed by atoms with Crippen molar-refractivity contribution < 1.29 is 9.53 Å². The van der Waals surface area contributed by atoms with Crippen LogP contribution in [0.15, 0.2) is 66.6 Å². The second-order valence-electron chi connectivity index (χ2n) is 8.23. The third kappa shape index (κ3) is 4.38. The Hall–Kier alpha value is -3.91. The zero-order chi connectivity index (χ0) is 22.8. The molecule has 4 heterocycles. The van der Waals surface area contributed by atoms with Crippen molar-refractivity contribution >= 4 is 11.6 Å². The summed E-state index contributed by atoms with van der Waals surface area (Å²) in [5, 5.41) is 1.89. The summed E-state index contributed by atoms with van der Waals surface area (Å²) in [6.07, 6.45) is 4.44. The minimum atomic E-state index is 0.0518. The Kier molecular flexibility index (Phi) is 5.66. The minimum absolute atomic E-state index is 0.0518. The van der Waals surface area contributed by atoms with Gasteiger partial charge in [-0.1, -0.05) is 18.2 Å². The number of likely N-dealkylation sites (N-methyl/N-ethyl adjacent to an activating group) is 1. The van der Waals surface area contributed by atoms with Gasteiger partial charge in [0.05, 0.1) is 11.4 Å². The first-order chi connectivity index (χ1) is 16.1. The maximum atomic E-state index is 12.8. The Morgan fingerprint density at radius 2 is 1.94 bits per heavy atom. The van der Waals surface area contributed by atoms with Crippen LogP contribution in [0.4, 0.5) is 0 Å². The van der Waals surface area contributed by atoms with E-state index in [0.717, 1.165) is 34.6 Å². The first kappa shape index (κ1) is 21.0. The smallest absolute Gasteiger partial charge is 0.254 e. The number of hydrazine groups is 2. The number of nitrogens with zero attached hydrogens (tertiary/aromatic N) is 4. The Balaban J connectivity index is 1.28. The van der Waals surface area contributed by atoms with Gasteiger partial charge in [-0.2, -0.15) is 0 Å². The molecule has 2 aromatic heterocycles. The van der Waals surface area contributed by atoms with Crippen molar-refractivity contribution in [1.82, 2.24) is 30.8 Å². The quantitative estimate of drug-likeness (QED) is 0.629. The average Bonchev–Trinajstić information content (AvgIpc) is 3.23. The fraction of sp³-hybridized carbons (Fsp3) is 0.240. The molecule has 0 saturated carbocycles. The van der Waals surface area contributed by atoms with E-state index in [1.54, 1.807) is 0 Å². The van der Waals surface area contributed by atoms with Crippen LogP contribution in [0.3, 0.4) is 0 Å². The lowest BCUT2D eigenvalue weighted by molar-refractivity contribution is 0.0734. The van der Waals surface area contributed by atoms with E-state index in [0.29, 0.717) is 31.1 Å². The highest BCUT2D eigenvalue weighted by molar-refractivity contribution is 5.94. The fourth-order valence-corrected chi connectivity index (χ4v) is 4.05. The van der Waals surface area contributed by atoms with Crippen LogP contribution >= 0.6 is 0 Å². The number of nitrogens with one attached hydrogen (secondary N) is 2. The van der Waals surface area contributed by atoms with E-state index in [1.807, 2.05) is 84.8 Å².